The van der Waals surface area contributed by atoms with Gasteiger partial charge in [-0.1, -0.05) is 6.92 Å². The van der Waals surface area contributed by atoms with Crippen molar-refractivity contribution in [3.8, 4) is 17.1 Å². The van der Waals surface area contributed by atoms with Gasteiger partial charge in [-0.15, -0.1) is 0 Å². The molecule has 1 aromatic carbocycles. The Hall–Kier alpha value is -3.72. The van der Waals surface area contributed by atoms with E-state index in [9.17, 15) is 19.5 Å². The molecule has 35 heavy (non-hydrogen) atoms. The number of benzene rings is 1. The molecule has 1 unspecified atom stereocenters. The first-order valence-corrected chi connectivity index (χ1v) is 11.7. The third-order valence-corrected chi connectivity index (χ3v) is 7.59. The minimum atomic E-state index is -1.88. The minimum absolute atomic E-state index is 0.0821. The maximum Gasteiger partial charge on any atom is 0.343 e. The molecule has 0 fully saturated rings. The molecule has 0 saturated heterocycles. The van der Waals surface area contributed by atoms with Crippen LogP contribution in [-0.4, -0.2) is 33.6 Å². The van der Waals surface area contributed by atoms with Crippen LogP contribution in [0.2, 0.25) is 0 Å². The number of amides is 1. The molecule has 2 atom stereocenters. The van der Waals surface area contributed by atoms with Crippen molar-refractivity contribution in [1.82, 2.24) is 14.9 Å². The molecule has 2 aromatic heterocycles. The number of hydrogen-bond donors (Lipinski definition) is 2. The number of aliphatic hydroxyl groups is 1. The average Bonchev–Trinajstić information content (AvgIpc) is 3.21. The summed E-state index contributed by atoms with van der Waals surface area (Å²) in [6.45, 7) is 3.28. The van der Waals surface area contributed by atoms with Gasteiger partial charge in [-0.25, -0.2) is 9.78 Å². The molecular weight excluding hydrogens is 450 g/mol. The number of esters is 1. The molecule has 6 rings (SSSR count). The van der Waals surface area contributed by atoms with Gasteiger partial charge in [0.2, 0.25) is 5.91 Å². The van der Waals surface area contributed by atoms with Gasteiger partial charge in [0.25, 0.3) is 5.56 Å². The molecule has 9 heteroatoms. The van der Waals surface area contributed by atoms with Crippen molar-refractivity contribution >= 4 is 22.8 Å². The number of hydrogen-bond acceptors (Lipinski definition) is 7. The molecule has 1 aliphatic carbocycles. The fourth-order valence-electron chi connectivity index (χ4n) is 5.91. The van der Waals surface area contributed by atoms with E-state index in [1.165, 1.54) is 6.92 Å². The van der Waals surface area contributed by atoms with Crippen LogP contribution >= 0.6 is 0 Å². The van der Waals surface area contributed by atoms with Gasteiger partial charge in [0, 0.05) is 29.0 Å². The molecule has 4 heterocycles. The quantitative estimate of drug-likeness (QED) is 0.436. The van der Waals surface area contributed by atoms with Crippen molar-refractivity contribution in [2.24, 2.45) is 0 Å². The summed E-state index contributed by atoms with van der Waals surface area (Å²) in [6, 6.07) is 5.25. The zero-order chi connectivity index (χ0) is 24.6. The highest BCUT2D eigenvalue weighted by molar-refractivity contribution is 5.94. The van der Waals surface area contributed by atoms with Crippen molar-refractivity contribution in [2.75, 3.05) is 7.11 Å². The number of aromatic nitrogens is 2. The Bertz CT molecular complexity index is 1520. The van der Waals surface area contributed by atoms with Crippen LogP contribution in [-0.2, 0) is 39.5 Å². The molecule has 3 aliphatic rings. The number of rotatable bonds is 3. The van der Waals surface area contributed by atoms with Gasteiger partial charge in [-0.2, -0.15) is 0 Å². The number of cyclic esters (lactones) is 1. The van der Waals surface area contributed by atoms with Crippen LogP contribution in [0.1, 0.15) is 60.5 Å². The fourth-order valence-corrected chi connectivity index (χ4v) is 5.91. The van der Waals surface area contributed by atoms with Crippen molar-refractivity contribution in [3.63, 3.8) is 0 Å². The molecule has 0 saturated carbocycles. The number of fused-ring (bicyclic) bond motifs is 5. The topological polar surface area (TPSA) is 120 Å². The van der Waals surface area contributed by atoms with Gasteiger partial charge in [-0.05, 0) is 43.0 Å². The number of carbonyl (C=O) groups excluding carboxylic acids is 2. The van der Waals surface area contributed by atoms with E-state index in [2.05, 4.69) is 5.32 Å². The maximum absolute atomic E-state index is 13.6. The van der Waals surface area contributed by atoms with Gasteiger partial charge in [0.1, 0.15) is 12.4 Å². The monoisotopic (exact) mass is 475 g/mol. The summed E-state index contributed by atoms with van der Waals surface area (Å²) >= 11 is 0. The van der Waals surface area contributed by atoms with Crippen LogP contribution in [0.3, 0.4) is 0 Å². The number of ether oxygens (including phenoxy) is 2. The Balaban J connectivity index is 1.66. The molecule has 180 valence electrons. The molecule has 2 aliphatic heterocycles. The van der Waals surface area contributed by atoms with Crippen LogP contribution in [0.5, 0.6) is 5.75 Å². The van der Waals surface area contributed by atoms with Crippen molar-refractivity contribution in [3.05, 3.63) is 56.4 Å². The van der Waals surface area contributed by atoms with Gasteiger partial charge >= 0.3 is 5.97 Å². The van der Waals surface area contributed by atoms with Crippen LogP contribution in [0.4, 0.5) is 0 Å². The summed E-state index contributed by atoms with van der Waals surface area (Å²) in [7, 11) is 1.64. The molecule has 3 aromatic rings. The highest BCUT2D eigenvalue weighted by Crippen LogP contribution is 2.46. The highest BCUT2D eigenvalue weighted by atomic mass is 16.6. The number of aryl methyl sites for hydroxylation is 1. The summed E-state index contributed by atoms with van der Waals surface area (Å²) in [5.74, 6) is -0.112. The fraction of sp³-hybridized carbons (Fsp3) is 0.385. The summed E-state index contributed by atoms with van der Waals surface area (Å²) in [5.41, 5.74) is 3.13. The average molecular weight is 476 g/mol. The SMILES string of the molecule is CC[C@@]1(O)C(=O)OCc2c1cc1n(c2=O)Cc2c-1nc1ccc(OC)c3c1c2C(NC(C)=O)CC3. The molecule has 0 spiro atoms. The van der Waals surface area contributed by atoms with E-state index < -0.39 is 11.6 Å². The lowest BCUT2D eigenvalue weighted by atomic mass is 9.83. The van der Waals surface area contributed by atoms with Crippen LogP contribution in [0, 0.1) is 0 Å². The van der Waals surface area contributed by atoms with Crippen molar-refractivity contribution in [1.29, 1.82) is 0 Å². The molecular formula is C26H25N3O6. The van der Waals surface area contributed by atoms with E-state index in [0.717, 1.165) is 39.8 Å². The third kappa shape index (κ3) is 2.84. The van der Waals surface area contributed by atoms with Gasteiger partial charge in [0.15, 0.2) is 5.60 Å². The Morgan fingerprint density at radius 3 is 2.83 bits per heavy atom. The smallest absolute Gasteiger partial charge is 0.343 e. The summed E-state index contributed by atoms with van der Waals surface area (Å²) in [5, 5.41) is 15.1. The second-order valence-electron chi connectivity index (χ2n) is 9.39. The first-order valence-electron chi connectivity index (χ1n) is 11.7. The number of nitrogens with one attached hydrogen (secondary N) is 1. The van der Waals surface area contributed by atoms with E-state index in [-0.39, 0.29) is 48.2 Å². The van der Waals surface area contributed by atoms with Gasteiger partial charge < -0.3 is 24.5 Å². The van der Waals surface area contributed by atoms with E-state index >= 15 is 0 Å². The molecule has 0 bridgehead atoms. The van der Waals surface area contributed by atoms with E-state index in [4.69, 9.17) is 14.5 Å². The number of pyridine rings is 2. The Morgan fingerprint density at radius 2 is 2.11 bits per heavy atom. The highest BCUT2D eigenvalue weighted by Gasteiger charge is 2.45. The van der Waals surface area contributed by atoms with E-state index in [1.807, 2.05) is 12.1 Å². The normalized spacial score (nSPS) is 21.7. The lowest BCUT2D eigenvalue weighted by Crippen LogP contribution is -2.44. The number of carbonyl (C=O) groups is 2. The predicted octanol–water partition coefficient (Wildman–Crippen LogP) is 2.21. The van der Waals surface area contributed by atoms with Crippen LogP contribution in [0.15, 0.2) is 23.0 Å². The van der Waals surface area contributed by atoms with E-state index in [0.29, 0.717) is 17.8 Å². The zero-order valence-electron chi connectivity index (χ0n) is 19.7. The first kappa shape index (κ1) is 21.8. The largest absolute Gasteiger partial charge is 0.496 e. The first-order chi connectivity index (χ1) is 16.8. The zero-order valence-corrected chi connectivity index (χ0v) is 19.7. The predicted molar refractivity (Wildman–Crippen MR) is 126 cm³/mol. The van der Waals surface area contributed by atoms with Gasteiger partial charge in [-0.3, -0.25) is 9.59 Å². The third-order valence-electron chi connectivity index (χ3n) is 7.59. The van der Waals surface area contributed by atoms with Crippen molar-refractivity contribution in [2.45, 2.75) is 57.9 Å². The molecule has 0 radical (unpaired) electrons. The number of methoxy groups -OCH3 is 1. The Morgan fingerprint density at radius 1 is 1.31 bits per heavy atom. The lowest BCUT2D eigenvalue weighted by Gasteiger charge is -2.31. The minimum Gasteiger partial charge on any atom is -0.496 e. The van der Waals surface area contributed by atoms with E-state index in [1.54, 1.807) is 24.7 Å². The second-order valence-corrected chi connectivity index (χ2v) is 9.39. The second kappa shape index (κ2) is 7.39. The standard InChI is InChI=1S/C26H25N3O6/c1-4-26(33)16-9-19-23-14(10-29(19)24(31)15(16)11-35-25(26)32)22-17(27-12(2)30)6-5-13-20(34-3)8-7-18(28-23)21(13)22/h7-9,17,33H,4-6,10-11H2,1-3H3,(H,27,30)/t17?,26-/m0/s1. The molecule has 2 N–H and O–H groups in total. The number of nitrogens with zero attached hydrogens (tertiary/aromatic N) is 2. The molecule has 1 amide bonds. The molecule has 9 nitrogen and oxygen atoms in total. The van der Waals surface area contributed by atoms with Crippen LogP contribution in [0.25, 0.3) is 22.3 Å². The van der Waals surface area contributed by atoms with Gasteiger partial charge in [0.05, 0.1) is 42.2 Å². The summed E-state index contributed by atoms with van der Waals surface area (Å²) in [4.78, 5) is 43.0. The Kier molecular flexibility index (Phi) is 4.60. The van der Waals surface area contributed by atoms with Crippen LogP contribution < -0.4 is 15.6 Å². The summed E-state index contributed by atoms with van der Waals surface area (Å²) in [6.07, 6.45) is 1.50. The maximum atomic E-state index is 13.6. The summed E-state index contributed by atoms with van der Waals surface area (Å²) < 4.78 is 12.4. The Labute approximate surface area is 200 Å². The lowest BCUT2D eigenvalue weighted by molar-refractivity contribution is -0.172. The van der Waals surface area contributed by atoms with Crippen molar-refractivity contribution < 1.29 is 24.2 Å².